The Morgan fingerprint density at radius 1 is 1.39 bits per heavy atom. The zero-order valence-corrected chi connectivity index (χ0v) is 9.92. The Bertz CT molecular complexity index is 649. The number of benzene rings is 1. The lowest BCUT2D eigenvalue weighted by molar-refractivity contribution is 0.0948. The second kappa shape index (κ2) is 5.00. The largest absolute Gasteiger partial charge is 0.351 e. The van der Waals surface area contributed by atoms with Crippen molar-refractivity contribution in [2.75, 3.05) is 6.54 Å². The third-order valence-corrected chi connectivity index (χ3v) is 2.59. The van der Waals surface area contributed by atoms with Crippen molar-refractivity contribution in [3.8, 4) is 0 Å². The molecule has 0 aliphatic heterocycles. The molecule has 0 spiro atoms. The molecule has 0 fully saturated rings. The van der Waals surface area contributed by atoms with Crippen LogP contribution in [-0.2, 0) is 0 Å². The second-order valence-corrected chi connectivity index (χ2v) is 4.00. The van der Waals surface area contributed by atoms with Crippen molar-refractivity contribution in [3.05, 3.63) is 46.1 Å². The maximum atomic E-state index is 13.1. The summed E-state index contributed by atoms with van der Waals surface area (Å²) in [5, 5.41) is 3.43. The Kier molecular flexibility index (Phi) is 3.41. The molecule has 2 aromatic rings. The van der Waals surface area contributed by atoms with Crippen molar-refractivity contribution < 1.29 is 9.18 Å². The first-order chi connectivity index (χ1) is 8.61. The predicted octanol–water partition coefficient (Wildman–Crippen LogP) is 1.81. The standard InChI is InChI=1S/C13H13FN2O2/c1-2-5-15-13(18)11-7-8-6-9(14)3-4-10(8)12(17)16-11/h3-4,6-7H,2,5H2,1H3,(H,15,18)(H,16,17). The summed E-state index contributed by atoms with van der Waals surface area (Å²) in [7, 11) is 0. The first kappa shape index (κ1) is 12.3. The minimum absolute atomic E-state index is 0.145. The van der Waals surface area contributed by atoms with Crippen LogP contribution in [-0.4, -0.2) is 17.4 Å². The summed E-state index contributed by atoms with van der Waals surface area (Å²) in [4.78, 5) is 25.9. The molecule has 0 bridgehead atoms. The summed E-state index contributed by atoms with van der Waals surface area (Å²) >= 11 is 0. The molecule has 1 aromatic carbocycles. The monoisotopic (exact) mass is 248 g/mol. The molecular formula is C13H13FN2O2. The number of aromatic amines is 1. The zero-order chi connectivity index (χ0) is 13.1. The molecule has 0 aliphatic carbocycles. The van der Waals surface area contributed by atoms with Gasteiger partial charge in [0.1, 0.15) is 11.5 Å². The molecule has 1 heterocycles. The van der Waals surface area contributed by atoms with Gasteiger partial charge in [0.15, 0.2) is 0 Å². The summed E-state index contributed by atoms with van der Waals surface area (Å²) in [5.41, 5.74) is -0.249. The van der Waals surface area contributed by atoms with Crippen LogP contribution < -0.4 is 10.9 Å². The van der Waals surface area contributed by atoms with Crippen molar-refractivity contribution in [3.63, 3.8) is 0 Å². The molecule has 0 saturated heterocycles. The molecule has 1 aromatic heterocycles. The summed E-state index contributed by atoms with van der Waals surface area (Å²) in [6, 6.07) is 5.33. The Balaban J connectivity index is 2.48. The third-order valence-electron chi connectivity index (χ3n) is 2.59. The normalized spacial score (nSPS) is 10.6. The van der Waals surface area contributed by atoms with Crippen LogP contribution >= 0.6 is 0 Å². The topological polar surface area (TPSA) is 62.0 Å². The van der Waals surface area contributed by atoms with E-state index in [0.717, 1.165) is 6.42 Å². The molecule has 0 aliphatic rings. The molecule has 2 rings (SSSR count). The van der Waals surface area contributed by atoms with Gasteiger partial charge in [-0.15, -0.1) is 0 Å². The first-order valence-corrected chi connectivity index (χ1v) is 5.72. The maximum Gasteiger partial charge on any atom is 0.267 e. The first-order valence-electron chi connectivity index (χ1n) is 5.72. The number of rotatable bonds is 3. The van der Waals surface area contributed by atoms with Gasteiger partial charge in [-0.05, 0) is 36.1 Å². The molecule has 2 N–H and O–H groups in total. The molecule has 4 nitrogen and oxygen atoms in total. The lowest BCUT2D eigenvalue weighted by atomic mass is 10.1. The molecule has 0 radical (unpaired) electrons. The Morgan fingerprint density at radius 3 is 2.89 bits per heavy atom. The summed E-state index contributed by atoms with van der Waals surface area (Å²) in [6.07, 6.45) is 0.804. The smallest absolute Gasteiger partial charge is 0.267 e. The minimum Gasteiger partial charge on any atom is -0.351 e. The van der Waals surface area contributed by atoms with E-state index in [1.165, 1.54) is 24.3 Å². The Hall–Kier alpha value is -2.17. The van der Waals surface area contributed by atoms with Crippen molar-refractivity contribution in [2.45, 2.75) is 13.3 Å². The highest BCUT2D eigenvalue weighted by Gasteiger charge is 2.09. The maximum absolute atomic E-state index is 13.1. The molecule has 0 atom stereocenters. The molecule has 18 heavy (non-hydrogen) atoms. The number of pyridine rings is 1. The van der Waals surface area contributed by atoms with E-state index in [1.54, 1.807) is 0 Å². The van der Waals surface area contributed by atoms with Gasteiger partial charge in [-0.2, -0.15) is 0 Å². The van der Waals surface area contributed by atoms with Gasteiger partial charge >= 0.3 is 0 Å². The van der Waals surface area contributed by atoms with E-state index in [0.29, 0.717) is 17.3 Å². The highest BCUT2D eigenvalue weighted by atomic mass is 19.1. The average molecular weight is 248 g/mol. The van der Waals surface area contributed by atoms with E-state index in [9.17, 15) is 14.0 Å². The van der Waals surface area contributed by atoms with E-state index in [2.05, 4.69) is 10.3 Å². The molecule has 0 saturated carbocycles. The quantitative estimate of drug-likeness (QED) is 0.870. The van der Waals surface area contributed by atoms with Crippen molar-refractivity contribution in [1.82, 2.24) is 10.3 Å². The molecular weight excluding hydrogens is 235 g/mol. The predicted molar refractivity (Wildman–Crippen MR) is 67.2 cm³/mol. The van der Waals surface area contributed by atoms with Crippen molar-refractivity contribution in [2.24, 2.45) is 0 Å². The minimum atomic E-state index is -0.437. The number of carbonyl (C=O) groups excluding carboxylic acids is 1. The van der Waals surface area contributed by atoms with E-state index in [4.69, 9.17) is 0 Å². The lowest BCUT2D eigenvalue weighted by Crippen LogP contribution is -2.27. The van der Waals surface area contributed by atoms with Gasteiger partial charge in [0, 0.05) is 11.9 Å². The highest BCUT2D eigenvalue weighted by molar-refractivity contribution is 5.96. The van der Waals surface area contributed by atoms with E-state index in [1.807, 2.05) is 6.92 Å². The molecule has 94 valence electrons. The van der Waals surface area contributed by atoms with Crippen LogP contribution in [0.25, 0.3) is 10.8 Å². The zero-order valence-electron chi connectivity index (χ0n) is 9.92. The van der Waals surface area contributed by atoms with Crippen LogP contribution in [0.2, 0.25) is 0 Å². The highest BCUT2D eigenvalue weighted by Crippen LogP contribution is 2.12. The number of nitrogens with one attached hydrogen (secondary N) is 2. The van der Waals surface area contributed by atoms with E-state index < -0.39 is 11.4 Å². The van der Waals surface area contributed by atoms with Crippen LogP contribution in [0.4, 0.5) is 4.39 Å². The SMILES string of the molecule is CCCNC(=O)c1cc2cc(F)ccc2c(=O)[nH]1. The number of fused-ring (bicyclic) bond motifs is 1. The average Bonchev–Trinajstić information content (AvgIpc) is 2.35. The van der Waals surface area contributed by atoms with Gasteiger partial charge in [-0.25, -0.2) is 4.39 Å². The summed E-state index contributed by atoms with van der Waals surface area (Å²) in [6.45, 7) is 2.46. The van der Waals surface area contributed by atoms with Crippen molar-refractivity contribution >= 4 is 16.7 Å². The lowest BCUT2D eigenvalue weighted by Gasteiger charge is -2.04. The number of carbonyl (C=O) groups is 1. The number of hydrogen-bond donors (Lipinski definition) is 2. The van der Waals surface area contributed by atoms with Crippen LogP contribution in [0.15, 0.2) is 29.1 Å². The van der Waals surface area contributed by atoms with Gasteiger partial charge in [0.25, 0.3) is 11.5 Å². The fourth-order valence-corrected chi connectivity index (χ4v) is 1.70. The van der Waals surface area contributed by atoms with Gasteiger partial charge in [0.2, 0.25) is 0 Å². The van der Waals surface area contributed by atoms with E-state index in [-0.39, 0.29) is 11.6 Å². The molecule has 1 amide bonds. The number of amides is 1. The van der Waals surface area contributed by atoms with Crippen LogP contribution in [0.3, 0.4) is 0 Å². The number of H-pyrrole nitrogens is 1. The fraction of sp³-hybridized carbons (Fsp3) is 0.231. The van der Waals surface area contributed by atoms with Gasteiger partial charge in [-0.3, -0.25) is 9.59 Å². The Morgan fingerprint density at radius 2 is 2.17 bits per heavy atom. The second-order valence-electron chi connectivity index (χ2n) is 4.00. The number of hydrogen-bond acceptors (Lipinski definition) is 2. The van der Waals surface area contributed by atoms with Crippen LogP contribution in [0.1, 0.15) is 23.8 Å². The fourth-order valence-electron chi connectivity index (χ4n) is 1.70. The van der Waals surface area contributed by atoms with Gasteiger partial charge in [-0.1, -0.05) is 6.92 Å². The van der Waals surface area contributed by atoms with E-state index >= 15 is 0 Å². The van der Waals surface area contributed by atoms with Crippen LogP contribution in [0, 0.1) is 5.82 Å². The summed E-state index contributed by atoms with van der Waals surface area (Å²) in [5.74, 6) is -0.798. The summed E-state index contributed by atoms with van der Waals surface area (Å²) < 4.78 is 13.1. The van der Waals surface area contributed by atoms with Crippen LogP contribution in [0.5, 0.6) is 0 Å². The number of aromatic nitrogens is 1. The van der Waals surface area contributed by atoms with Crippen molar-refractivity contribution in [1.29, 1.82) is 0 Å². The molecule has 0 unspecified atom stereocenters. The van der Waals surface area contributed by atoms with Gasteiger partial charge in [0.05, 0.1) is 0 Å². The molecule has 5 heteroatoms. The number of halogens is 1. The van der Waals surface area contributed by atoms with Gasteiger partial charge < -0.3 is 10.3 Å². The third kappa shape index (κ3) is 2.40. The Labute approximate surface area is 103 Å².